The number of nitrogens with zero attached hydrogens (tertiary/aromatic N) is 2. The van der Waals surface area contributed by atoms with Crippen molar-refractivity contribution in [1.82, 2.24) is 46.8 Å². The van der Waals surface area contributed by atoms with E-state index in [2.05, 4.69) is 47.2 Å². The minimum atomic E-state index is -1.57. The van der Waals surface area contributed by atoms with E-state index in [1.54, 1.807) is 51.2 Å². The Bertz CT molecular complexity index is 4050. The van der Waals surface area contributed by atoms with Crippen LogP contribution in [0.4, 0.5) is 0 Å². The van der Waals surface area contributed by atoms with Gasteiger partial charge < -0.3 is 115 Å². The van der Waals surface area contributed by atoms with Gasteiger partial charge in [-0.05, 0) is 109 Å². The Morgan fingerprint density at radius 1 is 0.720 bits per heavy atom. The van der Waals surface area contributed by atoms with Gasteiger partial charge in [0.15, 0.2) is 34.8 Å². The third kappa shape index (κ3) is 20.6. The number of ether oxygens (including phenoxy) is 6. The van der Waals surface area contributed by atoms with Gasteiger partial charge in [0.1, 0.15) is 36.3 Å². The summed E-state index contributed by atoms with van der Waals surface area (Å²) in [5.74, 6) is -11.5. The molecule has 8 amide bonds. The number of carbonyl (C=O) groups is 10. The van der Waals surface area contributed by atoms with Gasteiger partial charge in [0, 0.05) is 73.7 Å². The number of methoxy groups -OCH3 is 2. The number of carbonyl (C=O) groups excluding carboxylic acids is 10. The summed E-state index contributed by atoms with van der Waals surface area (Å²) < 4.78 is 35.0. The molecule has 0 spiro atoms. The number of guanidine groups is 1. The van der Waals surface area contributed by atoms with Crippen LogP contribution in [-0.4, -0.2) is 186 Å². The number of nitrogens with two attached hydrogens (primary N) is 5. The average molecular weight is 1510 g/mol. The molecular weight excluding hydrogens is 1410 g/mol. The van der Waals surface area contributed by atoms with Crippen LogP contribution in [0.2, 0.25) is 0 Å². The number of nitrogens with one attached hydrogen (secondary N) is 8. The number of hydrogen-bond donors (Lipinski definition) is 16. The molecule has 35 heteroatoms. The number of unbranched alkanes of at least 4 members (excludes halogenated alkanes) is 1. The molecule has 1 aliphatic carbocycles. The SMILES string of the molecule is CCC(C)[C@H](NC(=O)[C@H](CCCCN)NC(=O)[C@@H](NC(=O)[C@H](CCC(N)=O)NC(=O)[C@H](CCCN=C(N)N)NC(=O)[C@@H](N)CSc1cc(O)n(CCC(=O)Oc2c(OC)cc([C@@H]3c4cc5c(cc4[C@@H](O)[C@H]4COC(=O)[C@H]34)OCO5)cc2OC)c1O)C(C)CC)C(=O)N[C@@H](Cc1c[nH]c2ccccc12)C(=O)NC. The lowest BCUT2D eigenvalue weighted by atomic mass is 9.66. The number of benzene rings is 3. The largest absolute Gasteiger partial charge is 0.494 e. The van der Waals surface area contributed by atoms with Gasteiger partial charge in [-0.25, -0.2) is 0 Å². The van der Waals surface area contributed by atoms with E-state index in [-0.39, 0.29) is 99.0 Å². The summed E-state index contributed by atoms with van der Waals surface area (Å²) in [4.78, 5) is 146. The van der Waals surface area contributed by atoms with E-state index in [9.17, 15) is 63.3 Å². The number of aromatic amines is 1. The number of primary amides is 1. The number of rotatable bonds is 40. The summed E-state index contributed by atoms with van der Waals surface area (Å²) in [6.07, 6.45) is 1.15. The summed E-state index contributed by atoms with van der Waals surface area (Å²) in [6, 6.07) is 5.96. The summed E-state index contributed by atoms with van der Waals surface area (Å²) in [5, 5.41) is 53.6. The van der Waals surface area contributed by atoms with E-state index in [0.717, 1.165) is 32.8 Å². The fraction of sp³-hybridized carbons (Fsp3) is 0.514. The number of fused-ring (bicyclic) bond motifs is 4. The molecule has 582 valence electrons. The zero-order valence-electron chi connectivity index (χ0n) is 60.9. The summed E-state index contributed by atoms with van der Waals surface area (Å²) in [7, 11) is 4.13. The van der Waals surface area contributed by atoms with Crippen molar-refractivity contribution in [2.45, 2.75) is 164 Å². The Labute approximate surface area is 622 Å². The molecule has 0 saturated carbocycles. The Hall–Kier alpha value is -10.5. The van der Waals surface area contributed by atoms with E-state index in [4.69, 9.17) is 57.1 Å². The lowest BCUT2D eigenvalue weighted by molar-refractivity contribution is -0.142. The second-order valence-electron chi connectivity index (χ2n) is 26.7. The molecular formula is C72H99N15O19S. The van der Waals surface area contributed by atoms with E-state index in [1.807, 2.05) is 31.2 Å². The number of thioether (sulfide) groups is 1. The third-order valence-electron chi connectivity index (χ3n) is 19.5. The van der Waals surface area contributed by atoms with Crippen molar-refractivity contribution in [3.63, 3.8) is 0 Å². The first kappa shape index (κ1) is 82.1. The van der Waals surface area contributed by atoms with Crippen LogP contribution in [0.25, 0.3) is 10.9 Å². The van der Waals surface area contributed by atoms with Gasteiger partial charge in [-0.3, -0.25) is 57.5 Å². The highest BCUT2D eigenvalue weighted by molar-refractivity contribution is 7.99. The predicted octanol–water partition coefficient (Wildman–Crippen LogP) is 0.947. The number of aliphatic imine (C=N–C) groups is 1. The van der Waals surface area contributed by atoms with E-state index in [0.29, 0.717) is 53.9 Å². The Morgan fingerprint density at radius 3 is 1.90 bits per heavy atom. The van der Waals surface area contributed by atoms with Crippen LogP contribution in [-0.2, 0) is 65.6 Å². The van der Waals surface area contributed by atoms with Crippen LogP contribution >= 0.6 is 11.8 Å². The first-order valence-corrected chi connectivity index (χ1v) is 36.5. The van der Waals surface area contributed by atoms with Crippen molar-refractivity contribution < 1.29 is 91.7 Å². The number of aromatic nitrogens is 2. The standard InChI is InChI=1S/C72H99N15O19S/c1-8-35(3)59(68(97)83-45(17-12-13-22-73)66(95)85-60(36(4)9-2)69(98)84-48(64(93)78-5)25-38-31-80-44-16-11-10-15-39(38)44)86-67(96)47(19-20-54(75)88)82-65(94)46(18-14-23-79-72(76)77)81-63(92)43(74)33-107-53-30-55(89)87(70(53)99)24-21-56(90)106-62-51(101-6)26-37(27-52(62)102-7)57-40-28-49-50(105-34-104-49)29-41(40)61(91)42-32-103-71(100)58(42)57/h10-11,15-16,26-31,35-36,42-43,45-48,57-61,80,89,91,99H,8-9,12-14,17-25,32-34,73-74H2,1-7H3,(H2,75,88)(H,78,93)(H,81,92)(H,82,94)(H,83,97)(H,84,98)(H,85,95)(H,86,96)(H4,76,77,79)/t35?,36?,42-,43-,45-,46-,47-,48-,57+,58-,59-,60-,61+/m0/s1. The fourth-order valence-corrected chi connectivity index (χ4v) is 14.1. The summed E-state index contributed by atoms with van der Waals surface area (Å²) in [5.41, 5.74) is 32.2. The van der Waals surface area contributed by atoms with Crippen LogP contribution in [0.1, 0.15) is 126 Å². The first-order chi connectivity index (χ1) is 51.1. The maximum Gasteiger partial charge on any atom is 0.313 e. The van der Waals surface area contributed by atoms with Gasteiger partial charge in [0.25, 0.3) is 0 Å². The van der Waals surface area contributed by atoms with Crippen LogP contribution in [0.5, 0.6) is 40.5 Å². The summed E-state index contributed by atoms with van der Waals surface area (Å²) in [6.45, 7) is 6.89. The molecule has 3 aromatic carbocycles. The van der Waals surface area contributed by atoms with Crippen LogP contribution in [0, 0.1) is 23.7 Å². The Morgan fingerprint density at radius 2 is 1.30 bits per heavy atom. The molecule has 2 aliphatic heterocycles. The maximum atomic E-state index is 14.6. The number of para-hydroxylation sites is 1. The van der Waals surface area contributed by atoms with Gasteiger partial charge in [-0.15, -0.1) is 11.8 Å². The number of aliphatic hydroxyl groups excluding tert-OH is 1. The number of aromatic hydroxyl groups is 2. The van der Waals surface area contributed by atoms with Crippen LogP contribution in [0.15, 0.2) is 70.7 Å². The molecule has 8 rings (SSSR count). The molecule has 0 radical (unpaired) electrons. The molecule has 107 heavy (non-hydrogen) atoms. The molecule has 34 nitrogen and oxygen atoms in total. The van der Waals surface area contributed by atoms with Crippen molar-refractivity contribution in [2.75, 3.05) is 53.5 Å². The minimum Gasteiger partial charge on any atom is -0.494 e. The van der Waals surface area contributed by atoms with Crippen molar-refractivity contribution in [2.24, 2.45) is 57.3 Å². The van der Waals surface area contributed by atoms with Gasteiger partial charge in [0.2, 0.25) is 65.7 Å². The molecule has 3 aliphatic rings. The number of hydrogen-bond acceptors (Lipinski definition) is 23. The molecule has 1 fully saturated rings. The maximum absolute atomic E-state index is 14.6. The molecule has 5 aromatic rings. The quantitative estimate of drug-likeness (QED) is 0.00648. The predicted molar refractivity (Wildman–Crippen MR) is 391 cm³/mol. The monoisotopic (exact) mass is 1510 g/mol. The lowest BCUT2D eigenvalue weighted by Crippen LogP contribution is -2.61. The number of H-pyrrole nitrogens is 1. The van der Waals surface area contributed by atoms with E-state index >= 15 is 0 Å². The second-order valence-corrected chi connectivity index (χ2v) is 27.8. The first-order valence-electron chi connectivity index (χ1n) is 35.5. The number of aliphatic hydroxyl groups is 1. The van der Waals surface area contributed by atoms with Gasteiger partial charge in [-0.1, -0.05) is 58.7 Å². The number of esters is 2. The van der Waals surface area contributed by atoms with Gasteiger partial charge in [0.05, 0.1) is 50.2 Å². The third-order valence-corrected chi connectivity index (χ3v) is 20.7. The summed E-state index contributed by atoms with van der Waals surface area (Å²) >= 11 is 0.847. The normalized spacial score (nSPS) is 18.0. The molecule has 13 atom stereocenters. The number of likely N-dealkylation sites (N-methyl/N-ethyl adjacent to an activating group) is 1. The highest BCUT2D eigenvalue weighted by Gasteiger charge is 2.53. The number of cyclic esters (lactones) is 1. The molecule has 21 N–H and O–H groups in total. The lowest BCUT2D eigenvalue weighted by Gasteiger charge is -2.37. The fourth-order valence-electron chi connectivity index (χ4n) is 13.1. The second kappa shape index (κ2) is 38.1. The molecule has 1 saturated heterocycles. The van der Waals surface area contributed by atoms with E-state index in [1.165, 1.54) is 27.3 Å². The molecule has 0 bridgehead atoms. The van der Waals surface area contributed by atoms with Crippen molar-refractivity contribution in [3.8, 4) is 40.5 Å². The van der Waals surface area contributed by atoms with Gasteiger partial charge in [-0.2, -0.15) is 0 Å². The topological polar surface area (TPSA) is 534 Å². The zero-order chi connectivity index (χ0) is 77.9. The zero-order valence-corrected chi connectivity index (χ0v) is 61.7. The van der Waals surface area contributed by atoms with Crippen LogP contribution < -0.4 is 89.6 Å². The van der Waals surface area contributed by atoms with Crippen LogP contribution in [0.3, 0.4) is 0 Å². The average Bonchev–Trinajstić information content (AvgIpc) is 1.68. The Balaban J connectivity index is 0.909. The van der Waals surface area contributed by atoms with E-state index < -0.39 is 162 Å². The highest BCUT2D eigenvalue weighted by atomic mass is 32.2. The smallest absolute Gasteiger partial charge is 0.313 e. The van der Waals surface area contributed by atoms with Crippen molar-refractivity contribution >= 4 is 87.8 Å². The molecule has 2 unspecified atom stereocenters. The number of amides is 8. The Kier molecular flexibility index (Phi) is 29.3. The van der Waals surface area contributed by atoms with Crippen molar-refractivity contribution in [1.29, 1.82) is 0 Å². The molecule has 2 aromatic heterocycles. The van der Waals surface area contributed by atoms with Crippen molar-refractivity contribution in [3.05, 3.63) is 83.0 Å². The molecule has 4 heterocycles. The minimum absolute atomic E-state index is 0.00508. The van der Waals surface area contributed by atoms with Gasteiger partial charge >= 0.3 is 11.9 Å². The highest BCUT2D eigenvalue weighted by Crippen LogP contribution is 2.56.